The van der Waals surface area contributed by atoms with Gasteiger partial charge in [-0.05, 0) is 62.3 Å². The molecule has 0 spiro atoms. The molecule has 0 saturated carbocycles. The largest absolute Gasteiger partial charge is 0.356 e. The topological polar surface area (TPSA) is 39.7 Å². The van der Waals surface area contributed by atoms with Crippen LogP contribution < -0.4 is 10.6 Å². The molecule has 1 aromatic carbocycles. The number of nitrogens with one attached hydrogen (secondary N) is 2. The number of nitrogens with zero attached hydrogens (tertiary/aromatic N) is 2. The van der Waals surface area contributed by atoms with Gasteiger partial charge in [-0.3, -0.25) is 9.89 Å². The summed E-state index contributed by atoms with van der Waals surface area (Å²) in [7, 11) is 1.85. The summed E-state index contributed by atoms with van der Waals surface area (Å²) in [5.41, 5.74) is 2.81. The quantitative estimate of drug-likeness (QED) is 0.225. The van der Waals surface area contributed by atoms with E-state index in [1.807, 2.05) is 18.8 Å². The van der Waals surface area contributed by atoms with Gasteiger partial charge in [0.15, 0.2) is 5.96 Å². The Morgan fingerprint density at radius 2 is 1.96 bits per heavy atom. The maximum absolute atomic E-state index is 4.36. The van der Waals surface area contributed by atoms with Gasteiger partial charge in [0, 0.05) is 32.7 Å². The Morgan fingerprint density at radius 1 is 1.19 bits per heavy atom. The standard InChI is InChI=1S/C21H36N4S.HI/c1-18-10-6-8-14-25(18)17-20-12-5-4-11-19(20)16-24-21(22-2)23-13-7-9-15-26-3;/h4-5,11-12,18H,6-10,13-17H2,1-3H3,(H2,22,23,24);1H. The third kappa shape index (κ3) is 9.05. The predicted octanol–water partition coefficient (Wildman–Crippen LogP) is 4.49. The van der Waals surface area contributed by atoms with E-state index in [-0.39, 0.29) is 24.0 Å². The molecule has 0 aliphatic carbocycles. The average Bonchev–Trinajstić information content (AvgIpc) is 2.67. The van der Waals surface area contributed by atoms with Crippen molar-refractivity contribution in [3.05, 3.63) is 35.4 Å². The minimum Gasteiger partial charge on any atom is -0.356 e. The van der Waals surface area contributed by atoms with Crippen molar-refractivity contribution in [1.29, 1.82) is 0 Å². The lowest BCUT2D eigenvalue weighted by molar-refractivity contribution is 0.152. The zero-order chi connectivity index (χ0) is 18.6. The van der Waals surface area contributed by atoms with Crippen LogP contribution in [0.3, 0.4) is 0 Å². The van der Waals surface area contributed by atoms with Gasteiger partial charge in [0.05, 0.1) is 0 Å². The van der Waals surface area contributed by atoms with Gasteiger partial charge >= 0.3 is 0 Å². The number of halogens is 1. The van der Waals surface area contributed by atoms with Crippen LogP contribution in [0.15, 0.2) is 29.3 Å². The van der Waals surface area contributed by atoms with E-state index in [0.29, 0.717) is 6.04 Å². The van der Waals surface area contributed by atoms with E-state index in [4.69, 9.17) is 0 Å². The highest BCUT2D eigenvalue weighted by atomic mass is 127. The molecule has 1 aliphatic rings. The average molecular weight is 505 g/mol. The maximum atomic E-state index is 4.36. The number of thioether (sulfide) groups is 1. The van der Waals surface area contributed by atoms with Crippen LogP contribution in [0.4, 0.5) is 0 Å². The van der Waals surface area contributed by atoms with E-state index in [1.165, 1.54) is 55.5 Å². The summed E-state index contributed by atoms with van der Waals surface area (Å²) in [6, 6.07) is 9.51. The molecule has 1 saturated heterocycles. The number of guanidine groups is 1. The van der Waals surface area contributed by atoms with Gasteiger partial charge in [0.1, 0.15) is 0 Å². The van der Waals surface area contributed by atoms with Crippen molar-refractivity contribution in [1.82, 2.24) is 15.5 Å². The number of rotatable bonds is 9. The van der Waals surface area contributed by atoms with Crippen LogP contribution in [0.2, 0.25) is 0 Å². The molecular weight excluding hydrogens is 467 g/mol. The Hall–Kier alpha value is -0.470. The molecule has 4 nitrogen and oxygen atoms in total. The highest BCUT2D eigenvalue weighted by molar-refractivity contribution is 14.0. The molecule has 154 valence electrons. The Kier molecular flexibility index (Phi) is 13.2. The van der Waals surface area contributed by atoms with Crippen molar-refractivity contribution >= 4 is 41.7 Å². The first-order valence-electron chi connectivity index (χ1n) is 9.99. The minimum atomic E-state index is 0. The lowest BCUT2D eigenvalue weighted by Crippen LogP contribution is -2.38. The molecule has 0 radical (unpaired) electrons. The smallest absolute Gasteiger partial charge is 0.191 e. The van der Waals surface area contributed by atoms with Crippen molar-refractivity contribution in [2.45, 2.75) is 58.2 Å². The normalized spacial score (nSPS) is 18.0. The third-order valence-corrected chi connectivity index (χ3v) is 5.87. The lowest BCUT2D eigenvalue weighted by atomic mass is 10.0. The third-order valence-electron chi connectivity index (χ3n) is 5.17. The highest BCUT2D eigenvalue weighted by Gasteiger charge is 2.19. The molecule has 6 heteroatoms. The minimum absolute atomic E-state index is 0. The molecule has 1 atom stereocenters. The Morgan fingerprint density at radius 3 is 2.67 bits per heavy atom. The summed E-state index contributed by atoms with van der Waals surface area (Å²) in [4.78, 5) is 6.98. The van der Waals surface area contributed by atoms with Crippen LogP contribution in [-0.4, -0.2) is 49.0 Å². The molecule has 1 aromatic rings. The van der Waals surface area contributed by atoms with Crippen LogP contribution in [0.25, 0.3) is 0 Å². The number of hydrogen-bond donors (Lipinski definition) is 2. The van der Waals surface area contributed by atoms with Gasteiger partial charge in [-0.2, -0.15) is 11.8 Å². The van der Waals surface area contributed by atoms with Crippen LogP contribution in [0.5, 0.6) is 0 Å². The number of likely N-dealkylation sites (tertiary alicyclic amines) is 1. The summed E-state index contributed by atoms with van der Waals surface area (Å²) in [5, 5.41) is 6.91. The summed E-state index contributed by atoms with van der Waals surface area (Å²) in [6.07, 6.45) is 8.63. The van der Waals surface area contributed by atoms with Crippen molar-refractivity contribution in [3.63, 3.8) is 0 Å². The SMILES string of the molecule is CN=C(NCCCCSC)NCc1ccccc1CN1CCCCC1C.I. The lowest BCUT2D eigenvalue weighted by Gasteiger charge is -2.33. The fourth-order valence-corrected chi connectivity index (χ4v) is 3.97. The molecule has 2 N–H and O–H groups in total. The zero-order valence-electron chi connectivity index (χ0n) is 17.2. The van der Waals surface area contributed by atoms with Crippen LogP contribution in [-0.2, 0) is 13.1 Å². The van der Waals surface area contributed by atoms with E-state index < -0.39 is 0 Å². The summed E-state index contributed by atoms with van der Waals surface area (Å²) in [5.74, 6) is 2.13. The van der Waals surface area contributed by atoms with E-state index in [2.05, 4.69) is 58.0 Å². The first-order valence-corrected chi connectivity index (χ1v) is 11.4. The van der Waals surface area contributed by atoms with Crippen molar-refractivity contribution < 1.29 is 0 Å². The fraction of sp³-hybridized carbons (Fsp3) is 0.667. The molecular formula is C21H37IN4S. The Balaban J connectivity index is 0.00000364. The summed E-state index contributed by atoms with van der Waals surface area (Å²) >= 11 is 1.91. The second-order valence-electron chi connectivity index (χ2n) is 7.14. The Labute approximate surface area is 187 Å². The number of piperidine rings is 1. The second-order valence-corrected chi connectivity index (χ2v) is 8.12. The molecule has 1 fully saturated rings. The first-order chi connectivity index (χ1) is 12.7. The fourth-order valence-electron chi connectivity index (χ4n) is 3.47. The molecule has 0 aromatic heterocycles. The predicted molar refractivity (Wildman–Crippen MR) is 131 cm³/mol. The van der Waals surface area contributed by atoms with E-state index in [9.17, 15) is 0 Å². The second kappa shape index (κ2) is 14.5. The molecule has 2 rings (SSSR count). The number of benzene rings is 1. The first kappa shape index (κ1) is 24.6. The molecule has 0 bridgehead atoms. The number of unbranched alkanes of at least 4 members (excludes halogenated alkanes) is 1. The van der Waals surface area contributed by atoms with E-state index in [0.717, 1.165) is 25.6 Å². The molecule has 27 heavy (non-hydrogen) atoms. The van der Waals surface area contributed by atoms with Gasteiger partial charge in [-0.1, -0.05) is 30.7 Å². The monoisotopic (exact) mass is 504 g/mol. The van der Waals surface area contributed by atoms with Gasteiger partial charge < -0.3 is 10.6 Å². The van der Waals surface area contributed by atoms with Gasteiger partial charge in [0.25, 0.3) is 0 Å². The van der Waals surface area contributed by atoms with Crippen molar-refractivity contribution in [3.8, 4) is 0 Å². The molecule has 1 unspecified atom stereocenters. The molecule has 1 aliphatic heterocycles. The summed E-state index contributed by atoms with van der Waals surface area (Å²) in [6.45, 7) is 6.45. The maximum Gasteiger partial charge on any atom is 0.191 e. The summed E-state index contributed by atoms with van der Waals surface area (Å²) < 4.78 is 0. The van der Waals surface area contributed by atoms with E-state index >= 15 is 0 Å². The van der Waals surface area contributed by atoms with Crippen molar-refractivity contribution in [2.24, 2.45) is 4.99 Å². The van der Waals surface area contributed by atoms with E-state index in [1.54, 1.807) is 0 Å². The van der Waals surface area contributed by atoms with Crippen LogP contribution >= 0.6 is 35.7 Å². The van der Waals surface area contributed by atoms with Crippen LogP contribution in [0.1, 0.15) is 50.2 Å². The Bertz CT molecular complexity index is 553. The highest BCUT2D eigenvalue weighted by Crippen LogP contribution is 2.20. The molecule has 0 amide bonds. The van der Waals surface area contributed by atoms with Gasteiger partial charge in [-0.15, -0.1) is 24.0 Å². The van der Waals surface area contributed by atoms with Gasteiger partial charge in [0.2, 0.25) is 0 Å². The van der Waals surface area contributed by atoms with Crippen LogP contribution in [0, 0.1) is 0 Å². The number of hydrogen-bond acceptors (Lipinski definition) is 3. The van der Waals surface area contributed by atoms with Crippen molar-refractivity contribution in [2.75, 3.05) is 32.1 Å². The zero-order valence-corrected chi connectivity index (χ0v) is 20.3. The van der Waals surface area contributed by atoms with Gasteiger partial charge in [-0.25, -0.2) is 0 Å². The molecule has 1 heterocycles. The number of aliphatic imine (C=N–C) groups is 1.